The van der Waals surface area contributed by atoms with Gasteiger partial charge in [-0.2, -0.15) is 0 Å². The molecule has 0 saturated heterocycles. The predicted molar refractivity (Wildman–Crippen MR) is 125 cm³/mol. The van der Waals surface area contributed by atoms with Gasteiger partial charge in [0.1, 0.15) is 18.4 Å². The Balaban J connectivity index is 1.88. The van der Waals surface area contributed by atoms with Crippen molar-refractivity contribution in [2.75, 3.05) is 19.1 Å². The maximum atomic E-state index is 14.9. The molecule has 0 amide bonds. The highest BCUT2D eigenvalue weighted by atomic mass is 31.2. The van der Waals surface area contributed by atoms with Crippen molar-refractivity contribution in [1.82, 2.24) is 15.0 Å². The first-order chi connectivity index (χ1) is 15.5. The lowest BCUT2D eigenvalue weighted by Crippen LogP contribution is -2.10. The van der Waals surface area contributed by atoms with Crippen molar-refractivity contribution < 1.29 is 17.7 Å². The second-order valence-corrected chi connectivity index (χ2v) is 11.5. The van der Waals surface area contributed by atoms with Crippen LogP contribution in [0.2, 0.25) is 0 Å². The van der Waals surface area contributed by atoms with E-state index >= 15 is 0 Å². The van der Waals surface area contributed by atoms with Crippen LogP contribution in [-0.4, -0.2) is 28.3 Å². The number of nitrogen functional groups attached to an aromatic ring is 1. The molecule has 0 aliphatic rings. The molecular weight excluding hydrogens is 448 g/mol. The normalized spacial score (nSPS) is 12.8. The van der Waals surface area contributed by atoms with E-state index in [9.17, 15) is 17.7 Å². The Morgan fingerprint density at radius 2 is 1.76 bits per heavy atom. The predicted octanol–water partition coefficient (Wildman–Crippen LogP) is 5.40. The molecule has 9 heteroatoms. The maximum Gasteiger partial charge on any atom is 0.162 e. The van der Waals surface area contributed by atoms with Crippen molar-refractivity contribution in [3.63, 3.8) is 0 Å². The van der Waals surface area contributed by atoms with Crippen LogP contribution in [0.15, 0.2) is 42.6 Å². The Kier molecular flexibility index (Phi) is 5.74. The summed E-state index contributed by atoms with van der Waals surface area (Å²) in [5.74, 6) is -3.13. The van der Waals surface area contributed by atoms with Crippen LogP contribution in [0.4, 0.5) is 18.9 Å². The molecule has 2 N–H and O–H groups in total. The third kappa shape index (κ3) is 4.11. The fourth-order valence-electron chi connectivity index (χ4n) is 3.93. The van der Waals surface area contributed by atoms with Crippen molar-refractivity contribution in [3.05, 3.63) is 76.9 Å². The van der Waals surface area contributed by atoms with Gasteiger partial charge in [-0.1, -0.05) is 19.1 Å². The van der Waals surface area contributed by atoms with E-state index in [1.807, 2.05) is 0 Å². The highest BCUT2D eigenvalue weighted by Crippen LogP contribution is 2.37. The summed E-state index contributed by atoms with van der Waals surface area (Å²) in [6, 6.07) is 8.38. The molecule has 0 aliphatic heterocycles. The molecule has 1 aromatic carbocycles. The van der Waals surface area contributed by atoms with Crippen LogP contribution in [0, 0.1) is 24.4 Å². The molecule has 4 aromatic rings. The van der Waals surface area contributed by atoms with E-state index < -0.39 is 30.5 Å². The van der Waals surface area contributed by atoms with Gasteiger partial charge in [0, 0.05) is 35.0 Å². The standard InChI is InChI=1S/C24H22F3N4OP/c1-12(15-6-5-7-16(25)21(15)27)20-13(2)30-18-10-17(26)23(31-24(18)22(20)28)14-8-9-19(29-11-14)33(3,4)32/h5-12H,1-4H3,(H2,28,30). The molecule has 3 aromatic heterocycles. The molecule has 0 spiro atoms. The quantitative estimate of drug-likeness (QED) is 0.404. The highest BCUT2D eigenvalue weighted by Gasteiger charge is 2.24. The molecule has 4 rings (SSSR count). The second kappa shape index (κ2) is 8.27. The lowest BCUT2D eigenvalue weighted by atomic mass is 9.90. The number of benzene rings is 1. The summed E-state index contributed by atoms with van der Waals surface area (Å²) in [4.78, 5) is 13.0. The van der Waals surface area contributed by atoms with Gasteiger partial charge >= 0.3 is 0 Å². The zero-order valence-corrected chi connectivity index (χ0v) is 19.4. The zero-order chi connectivity index (χ0) is 24.1. The molecule has 0 aliphatic carbocycles. The number of hydrogen-bond acceptors (Lipinski definition) is 5. The minimum atomic E-state index is -2.56. The molecule has 0 radical (unpaired) electrons. The van der Waals surface area contributed by atoms with Crippen LogP contribution in [0.3, 0.4) is 0 Å². The third-order valence-electron chi connectivity index (χ3n) is 5.63. The number of nitrogens with zero attached hydrogens (tertiary/aromatic N) is 3. The smallest absolute Gasteiger partial charge is 0.162 e. The molecule has 3 heterocycles. The molecule has 0 bridgehead atoms. The number of halogens is 3. The van der Waals surface area contributed by atoms with Crippen molar-refractivity contribution in [1.29, 1.82) is 0 Å². The first kappa shape index (κ1) is 22.9. The van der Waals surface area contributed by atoms with Crippen LogP contribution in [-0.2, 0) is 4.57 Å². The van der Waals surface area contributed by atoms with E-state index in [2.05, 4.69) is 15.0 Å². The van der Waals surface area contributed by atoms with E-state index in [4.69, 9.17) is 5.73 Å². The monoisotopic (exact) mass is 470 g/mol. The molecule has 0 fully saturated rings. The summed E-state index contributed by atoms with van der Waals surface area (Å²) in [6.45, 7) is 6.58. The van der Waals surface area contributed by atoms with Crippen LogP contribution >= 0.6 is 7.14 Å². The topological polar surface area (TPSA) is 81.8 Å². The Morgan fingerprint density at radius 1 is 1.03 bits per heavy atom. The van der Waals surface area contributed by atoms with E-state index in [0.29, 0.717) is 22.3 Å². The number of pyridine rings is 3. The Morgan fingerprint density at radius 3 is 2.39 bits per heavy atom. The van der Waals surface area contributed by atoms with E-state index in [1.54, 1.807) is 39.3 Å². The van der Waals surface area contributed by atoms with Gasteiger partial charge in [0.25, 0.3) is 0 Å². The summed E-state index contributed by atoms with van der Waals surface area (Å²) < 4.78 is 55.4. The first-order valence-electron chi connectivity index (χ1n) is 10.2. The van der Waals surface area contributed by atoms with Gasteiger partial charge in [-0.05, 0) is 44.0 Å². The van der Waals surface area contributed by atoms with Crippen molar-refractivity contribution >= 4 is 29.3 Å². The highest BCUT2D eigenvalue weighted by molar-refractivity contribution is 7.69. The van der Waals surface area contributed by atoms with Gasteiger partial charge in [0.15, 0.2) is 17.5 Å². The van der Waals surface area contributed by atoms with Crippen LogP contribution < -0.4 is 11.2 Å². The maximum absolute atomic E-state index is 14.9. The van der Waals surface area contributed by atoms with Crippen molar-refractivity contribution in [3.8, 4) is 11.3 Å². The van der Waals surface area contributed by atoms with Gasteiger partial charge in [-0.3, -0.25) is 9.97 Å². The summed E-state index contributed by atoms with van der Waals surface area (Å²) in [5, 5.41) is 0. The molecule has 5 nitrogen and oxygen atoms in total. The lowest BCUT2D eigenvalue weighted by Gasteiger charge is -2.19. The minimum Gasteiger partial charge on any atom is -0.397 e. The number of aryl methyl sites for hydroxylation is 1. The summed E-state index contributed by atoms with van der Waals surface area (Å²) in [6.07, 6.45) is 1.41. The Bertz CT molecular complexity index is 1430. The molecule has 1 atom stereocenters. The van der Waals surface area contributed by atoms with Gasteiger partial charge < -0.3 is 10.3 Å². The summed E-state index contributed by atoms with van der Waals surface area (Å²) in [5.41, 5.74) is 9.06. The molecule has 33 heavy (non-hydrogen) atoms. The number of anilines is 1. The Hall–Kier alpha value is -3.25. The largest absolute Gasteiger partial charge is 0.397 e. The first-order valence-corrected chi connectivity index (χ1v) is 12.8. The number of rotatable bonds is 4. The van der Waals surface area contributed by atoms with Crippen LogP contribution in [0.25, 0.3) is 22.3 Å². The van der Waals surface area contributed by atoms with Gasteiger partial charge in [0.2, 0.25) is 0 Å². The average Bonchev–Trinajstić information content (AvgIpc) is 2.74. The zero-order valence-electron chi connectivity index (χ0n) is 18.5. The number of hydrogen-bond donors (Lipinski definition) is 1. The van der Waals surface area contributed by atoms with Gasteiger partial charge in [0.05, 0.1) is 16.6 Å². The number of nitrogens with two attached hydrogens (primary N) is 1. The van der Waals surface area contributed by atoms with Gasteiger partial charge in [-0.15, -0.1) is 0 Å². The third-order valence-corrected chi connectivity index (χ3v) is 7.00. The van der Waals surface area contributed by atoms with Crippen LogP contribution in [0.5, 0.6) is 0 Å². The van der Waals surface area contributed by atoms with Crippen molar-refractivity contribution in [2.45, 2.75) is 19.8 Å². The minimum absolute atomic E-state index is 0.0106. The Labute approximate surface area is 189 Å². The second-order valence-electron chi connectivity index (χ2n) is 8.33. The number of fused-ring (bicyclic) bond motifs is 1. The van der Waals surface area contributed by atoms with E-state index in [-0.39, 0.29) is 28.0 Å². The number of aromatic nitrogens is 3. The van der Waals surface area contributed by atoms with E-state index in [1.165, 1.54) is 24.4 Å². The fourth-order valence-corrected chi connectivity index (χ4v) is 4.70. The summed E-state index contributed by atoms with van der Waals surface area (Å²) >= 11 is 0. The average molecular weight is 470 g/mol. The van der Waals surface area contributed by atoms with Crippen molar-refractivity contribution in [2.24, 2.45) is 0 Å². The molecule has 170 valence electrons. The molecule has 1 unspecified atom stereocenters. The lowest BCUT2D eigenvalue weighted by molar-refractivity contribution is 0.496. The van der Waals surface area contributed by atoms with Crippen LogP contribution in [0.1, 0.15) is 29.7 Å². The molecule has 0 saturated carbocycles. The fraction of sp³-hybridized carbons (Fsp3) is 0.208. The summed E-state index contributed by atoms with van der Waals surface area (Å²) in [7, 11) is -2.56. The van der Waals surface area contributed by atoms with E-state index in [0.717, 1.165) is 6.07 Å². The van der Waals surface area contributed by atoms with Gasteiger partial charge in [-0.25, -0.2) is 18.2 Å². The molecular formula is C24H22F3N4OP. The SMILES string of the molecule is Cc1nc2cc(F)c(-c3ccc(P(C)(C)=O)nc3)nc2c(N)c1C(C)c1cccc(F)c1F.